The Morgan fingerprint density at radius 2 is 1.93 bits per heavy atom. The summed E-state index contributed by atoms with van der Waals surface area (Å²) in [6.45, 7) is 7.33. The van der Waals surface area contributed by atoms with E-state index in [-0.39, 0.29) is 12.0 Å². The smallest absolute Gasteiger partial charge is 0.220 e. The van der Waals surface area contributed by atoms with Crippen molar-refractivity contribution in [2.45, 2.75) is 52.2 Å². The molecule has 1 atom stereocenters. The molecule has 0 aliphatic carbocycles. The zero-order chi connectivity index (χ0) is 11.7. The van der Waals surface area contributed by atoms with Crippen molar-refractivity contribution in [1.82, 2.24) is 10.6 Å². The van der Waals surface area contributed by atoms with Gasteiger partial charge in [-0.25, -0.2) is 0 Å². The topological polar surface area (TPSA) is 61.4 Å². The molecule has 0 rings (SSSR count). The van der Waals surface area contributed by atoms with Crippen LogP contribution in [0.3, 0.4) is 0 Å². The highest BCUT2D eigenvalue weighted by Crippen LogP contribution is 1.90. The van der Waals surface area contributed by atoms with Crippen molar-refractivity contribution in [2.24, 2.45) is 0 Å². The molecule has 0 aromatic carbocycles. The molecule has 0 aliphatic heterocycles. The third-order valence-corrected chi connectivity index (χ3v) is 2.02. The minimum absolute atomic E-state index is 0.0706. The van der Waals surface area contributed by atoms with Crippen LogP contribution in [0, 0.1) is 0 Å². The van der Waals surface area contributed by atoms with Gasteiger partial charge < -0.3 is 15.7 Å². The van der Waals surface area contributed by atoms with Crippen molar-refractivity contribution in [3.8, 4) is 0 Å². The van der Waals surface area contributed by atoms with Gasteiger partial charge in [-0.1, -0.05) is 13.8 Å². The number of carbonyl (C=O) groups excluding carboxylic acids is 1. The molecule has 15 heavy (non-hydrogen) atoms. The van der Waals surface area contributed by atoms with Gasteiger partial charge in [0.25, 0.3) is 0 Å². The maximum atomic E-state index is 11.2. The zero-order valence-electron chi connectivity index (χ0n) is 10.0. The van der Waals surface area contributed by atoms with Crippen LogP contribution in [0.5, 0.6) is 0 Å². The van der Waals surface area contributed by atoms with Crippen LogP contribution in [0.25, 0.3) is 0 Å². The Kier molecular flexibility index (Phi) is 8.33. The van der Waals surface area contributed by atoms with E-state index in [1.807, 2.05) is 0 Å². The SMILES string of the molecule is CC(O)CCNC(=O)CCCNC(C)C. The summed E-state index contributed by atoms with van der Waals surface area (Å²) in [5.74, 6) is 0.0706. The fourth-order valence-corrected chi connectivity index (χ4v) is 1.15. The van der Waals surface area contributed by atoms with Gasteiger partial charge in [-0.3, -0.25) is 4.79 Å². The van der Waals surface area contributed by atoms with Crippen LogP contribution in [-0.4, -0.2) is 36.2 Å². The summed E-state index contributed by atoms with van der Waals surface area (Å²) in [5.41, 5.74) is 0. The van der Waals surface area contributed by atoms with Gasteiger partial charge in [0.05, 0.1) is 6.10 Å². The Labute approximate surface area is 92.4 Å². The van der Waals surface area contributed by atoms with Gasteiger partial charge in [0, 0.05) is 19.0 Å². The Bertz CT molecular complexity index is 170. The van der Waals surface area contributed by atoms with Crippen LogP contribution in [0.1, 0.15) is 40.0 Å². The van der Waals surface area contributed by atoms with Crippen LogP contribution in [-0.2, 0) is 4.79 Å². The van der Waals surface area contributed by atoms with Gasteiger partial charge in [0.15, 0.2) is 0 Å². The van der Waals surface area contributed by atoms with Crippen molar-refractivity contribution in [3.05, 3.63) is 0 Å². The van der Waals surface area contributed by atoms with Crippen LogP contribution < -0.4 is 10.6 Å². The number of aliphatic hydroxyl groups excluding tert-OH is 1. The number of carbonyl (C=O) groups is 1. The lowest BCUT2D eigenvalue weighted by atomic mass is 10.2. The standard InChI is InChI=1S/C11H24N2O2/c1-9(2)12-7-4-5-11(15)13-8-6-10(3)14/h9-10,12,14H,4-8H2,1-3H3,(H,13,15). The summed E-state index contributed by atoms with van der Waals surface area (Å²) in [5, 5.41) is 15.0. The fraction of sp³-hybridized carbons (Fsp3) is 0.909. The molecule has 1 amide bonds. The number of amides is 1. The highest BCUT2D eigenvalue weighted by molar-refractivity contribution is 5.75. The molecule has 0 spiro atoms. The molecule has 0 saturated heterocycles. The number of aliphatic hydroxyl groups is 1. The molecule has 0 saturated carbocycles. The highest BCUT2D eigenvalue weighted by Gasteiger charge is 2.01. The summed E-state index contributed by atoms with van der Waals surface area (Å²) in [6.07, 6.45) is 1.70. The Hall–Kier alpha value is -0.610. The van der Waals surface area contributed by atoms with Crippen LogP contribution in [0.4, 0.5) is 0 Å². The van der Waals surface area contributed by atoms with Gasteiger partial charge in [-0.05, 0) is 26.3 Å². The maximum Gasteiger partial charge on any atom is 0.220 e. The fourth-order valence-electron chi connectivity index (χ4n) is 1.15. The average molecular weight is 216 g/mol. The Morgan fingerprint density at radius 3 is 2.47 bits per heavy atom. The zero-order valence-corrected chi connectivity index (χ0v) is 10.0. The van der Waals surface area contributed by atoms with Crippen molar-refractivity contribution >= 4 is 5.91 Å². The lowest BCUT2D eigenvalue weighted by Crippen LogP contribution is -2.28. The van der Waals surface area contributed by atoms with Crippen LogP contribution in [0.15, 0.2) is 0 Å². The second-order valence-corrected chi connectivity index (χ2v) is 4.20. The molecular formula is C11H24N2O2. The molecule has 4 nitrogen and oxygen atoms in total. The average Bonchev–Trinajstić information content (AvgIpc) is 2.11. The molecular weight excluding hydrogens is 192 g/mol. The normalized spacial score (nSPS) is 12.9. The van der Waals surface area contributed by atoms with E-state index in [0.29, 0.717) is 25.4 Å². The molecule has 0 bridgehead atoms. The monoisotopic (exact) mass is 216 g/mol. The molecule has 0 aromatic rings. The van der Waals surface area contributed by atoms with Gasteiger partial charge in [-0.2, -0.15) is 0 Å². The third kappa shape index (κ3) is 11.3. The van der Waals surface area contributed by atoms with Gasteiger partial charge in [-0.15, -0.1) is 0 Å². The van der Waals surface area contributed by atoms with Crippen molar-refractivity contribution in [3.63, 3.8) is 0 Å². The predicted octanol–water partition coefficient (Wildman–Crippen LogP) is 0.652. The van der Waals surface area contributed by atoms with E-state index in [2.05, 4.69) is 24.5 Å². The van der Waals surface area contributed by atoms with Gasteiger partial charge in [0.2, 0.25) is 5.91 Å². The molecule has 0 fully saturated rings. The first kappa shape index (κ1) is 14.4. The molecule has 1 unspecified atom stereocenters. The van der Waals surface area contributed by atoms with E-state index in [9.17, 15) is 4.79 Å². The lowest BCUT2D eigenvalue weighted by Gasteiger charge is -2.08. The number of hydrogen-bond acceptors (Lipinski definition) is 3. The van der Waals surface area contributed by atoms with Crippen molar-refractivity contribution in [2.75, 3.05) is 13.1 Å². The summed E-state index contributed by atoms with van der Waals surface area (Å²) < 4.78 is 0. The highest BCUT2D eigenvalue weighted by atomic mass is 16.3. The van der Waals surface area contributed by atoms with Crippen molar-refractivity contribution < 1.29 is 9.90 Å². The van der Waals surface area contributed by atoms with Gasteiger partial charge in [0.1, 0.15) is 0 Å². The second-order valence-electron chi connectivity index (χ2n) is 4.20. The number of nitrogens with one attached hydrogen (secondary N) is 2. The summed E-state index contributed by atoms with van der Waals surface area (Å²) in [4.78, 5) is 11.2. The number of hydrogen-bond donors (Lipinski definition) is 3. The second kappa shape index (κ2) is 8.68. The molecule has 3 N–H and O–H groups in total. The van der Waals surface area contributed by atoms with E-state index in [0.717, 1.165) is 13.0 Å². The molecule has 0 aromatic heterocycles. The first-order valence-corrected chi connectivity index (χ1v) is 5.70. The van der Waals surface area contributed by atoms with Crippen molar-refractivity contribution in [1.29, 1.82) is 0 Å². The summed E-state index contributed by atoms with van der Waals surface area (Å²) >= 11 is 0. The third-order valence-electron chi connectivity index (χ3n) is 2.02. The molecule has 90 valence electrons. The van der Waals surface area contributed by atoms with E-state index >= 15 is 0 Å². The van der Waals surface area contributed by atoms with E-state index in [4.69, 9.17) is 5.11 Å². The molecule has 0 heterocycles. The molecule has 0 radical (unpaired) electrons. The molecule has 0 aliphatic rings. The Morgan fingerprint density at radius 1 is 1.27 bits per heavy atom. The van der Waals surface area contributed by atoms with Crippen LogP contribution in [0.2, 0.25) is 0 Å². The van der Waals surface area contributed by atoms with E-state index < -0.39 is 0 Å². The predicted molar refractivity (Wildman–Crippen MR) is 61.7 cm³/mol. The first-order chi connectivity index (χ1) is 7.02. The number of rotatable bonds is 8. The van der Waals surface area contributed by atoms with E-state index in [1.165, 1.54) is 0 Å². The Balaban J connectivity index is 3.26. The quantitative estimate of drug-likeness (QED) is 0.522. The summed E-state index contributed by atoms with van der Waals surface area (Å²) in [6, 6.07) is 0.475. The maximum absolute atomic E-state index is 11.2. The summed E-state index contributed by atoms with van der Waals surface area (Å²) in [7, 11) is 0. The van der Waals surface area contributed by atoms with E-state index in [1.54, 1.807) is 6.92 Å². The largest absolute Gasteiger partial charge is 0.393 e. The van der Waals surface area contributed by atoms with Crippen LogP contribution >= 0.6 is 0 Å². The minimum Gasteiger partial charge on any atom is -0.393 e. The molecule has 4 heteroatoms. The minimum atomic E-state index is -0.340. The van der Waals surface area contributed by atoms with Gasteiger partial charge >= 0.3 is 0 Å². The first-order valence-electron chi connectivity index (χ1n) is 5.70. The lowest BCUT2D eigenvalue weighted by molar-refractivity contribution is -0.121.